The summed E-state index contributed by atoms with van der Waals surface area (Å²) in [5.41, 5.74) is 14.4. The molecular formula is C102H104O10. The Morgan fingerprint density at radius 2 is 0.312 bits per heavy atom. The van der Waals surface area contributed by atoms with Crippen LogP contribution in [0.5, 0.6) is 57.5 Å². The van der Waals surface area contributed by atoms with Gasteiger partial charge in [0.25, 0.3) is 0 Å². The molecule has 112 heavy (non-hydrogen) atoms. The summed E-state index contributed by atoms with van der Waals surface area (Å²) in [5.74, 6) is 2.86. The Morgan fingerprint density at radius 1 is 0.170 bits per heavy atom. The fourth-order valence-electron chi connectivity index (χ4n) is 17.6. The van der Waals surface area contributed by atoms with E-state index >= 15 is 0 Å². The van der Waals surface area contributed by atoms with Gasteiger partial charge < -0.3 is 51.1 Å². The Morgan fingerprint density at radius 3 is 0.518 bits per heavy atom. The predicted octanol–water partition coefficient (Wildman–Crippen LogP) is 24.1. The number of phenolic OH excluding ortho intramolecular Hbond substituents is 10. The van der Waals surface area contributed by atoms with E-state index in [2.05, 4.69) is 67.6 Å². The van der Waals surface area contributed by atoms with E-state index < -0.39 is 5.41 Å². The van der Waals surface area contributed by atoms with E-state index in [1.54, 1.807) is 121 Å². The van der Waals surface area contributed by atoms with Gasteiger partial charge in [0.15, 0.2) is 0 Å². The zero-order valence-electron chi connectivity index (χ0n) is 64.0. The van der Waals surface area contributed by atoms with Crippen molar-refractivity contribution in [3.05, 3.63) is 406 Å². The zero-order chi connectivity index (χ0) is 78.4. The summed E-state index contributed by atoms with van der Waals surface area (Å²) >= 11 is 0. The first-order valence-corrected chi connectivity index (χ1v) is 39.6. The molecule has 13 aromatic carbocycles. The van der Waals surface area contributed by atoms with Gasteiger partial charge in [-0.15, -0.1) is 0 Å². The van der Waals surface area contributed by atoms with E-state index in [4.69, 9.17) is 0 Å². The number of hydrogen-bond acceptors (Lipinski definition) is 10. The summed E-state index contributed by atoms with van der Waals surface area (Å²) in [6.07, 6.45) is 21.9. The standard InChI is InChI=1S/C25H20O2.C20H18O2.C20H24O2.C19H22O2.C18H20O2/c26-23-15-11-21(12-16-23)25(19-7-3-1-4-8-19,20-9-5-2-6-10-20)22-13-17-24(27)18-14-22;1-20(15-5-3-2-4-6-15,16-7-11-18(21)12-8-16)17-9-13-19(22)14-10-17;21-18-10-6-16(7-11-18)20(14-4-2-1-3-5-15-20)17-8-12-19(22)13-9-17;20-17-9-5-15(6-10-17)19(13-3-1-2-4-14-19)16-7-11-18(21)12-8-16;19-16-8-4-14(5-9-16)18(12-2-1-3-13-18)15-6-10-17(20)11-7-15/h1-18,26-27H;2-14,21-22H,1H3;6-13,21-22H,1-5,14-15H2;5-12,20-21H,1-4,13-14H2;4-11,19-20H,1-3,12-13H2. The molecule has 0 atom stereocenters. The van der Waals surface area contributed by atoms with Gasteiger partial charge in [0.05, 0.1) is 5.41 Å². The molecule has 13 aromatic rings. The van der Waals surface area contributed by atoms with E-state index in [-0.39, 0.29) is 44.7 Å². The minimum atomic E-state index is -0.566. The molecule has 0 radical (unpaired) electrons. The summed E-state index contributed by atoms with van der Waals surface area (Å²) in [4.78, 5) is 0. The SMILES string of the molecule is CC(c1ccccc1)(c1ccc(O)cc1)c1ccc(O)cc1.Oc1ccc(C(c2ccccc2)(c2ccccc2)c2ccc(O)cc2)cc1.Oc1ccc(C2(c3ccc(O)cc3)CCCCC2)cc1.Oc1ccc(C2(c3ccc(O)cc3)CCCCCC2)cc1.Oc1ccc(C2(c3ccc(O)cc3)CCCCCCC2)cc1. The number of benzene rings is 13. The summed E-state index contributed by atoms with van der Waals surface area (Å²) in [6.45, 7) is 2.15. The summed E-state index contributed by atoms with van der Waals surface area (Å²) in [7, 11) is 0. The monoisotopic (exact) mass is 1490 g/mol. The molecule has 3 saturated carbocycles. The van der Waals surface area contributed by atoms with Crippen molar-refractivity contribution in [1.82, 2.24) is 0 Å². The zero-order valence-corrected chi connectivity index (χ0v) is 64.0. The van der Waals surface area contributed by atoms with E-state index in [0.717, 1.165) is 77.5 Å². The molecule has 10 heteroatoms. The lowest BCUT2D eigenvalue weighted by molar-refractivity contribution is 0.345. The molecule has 0 aliphatic heterocycles. The fraction of sp³-hybridized carbons (Fsp3) is 0.235. The van der Waals surface area contributed by atoms with Crippen molar-refractivity contribution in [2.24, 2.45) is 0 Å². The maximum absolute atomic E-state index is 9.84. The highest BCUT2D eigenvalue weighted by Crippen LogP contribution is 2.50. The summed E-state index contributed by atoms with van der Waals surface area (Å²) < 4.78 is 0. The van der Waals surface area contributed by atoms with Crippen molar-refractivity contribution in [2.75, 3.05) is 0 Å². The molecule has 572 valence electrons. The minimum Gasteiger partial charge on any atom is -0.508 e. The van der Waals surface area contributed by atoms with E-state index in [0.29, 0.717) is 34.5 Å². The normalized spacial score (nSPS) is 15.1. The fourth-order valence-corrected chi connectivity index (χ4v) is 17.6. The van der Waals surface area contributed by atoms with Gasteiger partial charge in [0.1, 0.15) is 57.5 Å². The highest BCUT2D eigenvalue weighted by Gasteiger charge is 2.41. The van der Waals surface area contributed by atoms with Crippen LogP contribution in [-0.4, -0.2) is 51.1 Å². The van der Waals surface area contributed by atoms with Gasteiger partial charge >= 0.3 is 0 Å². The van der Waals surface area contributed by atoms with E-state index in [9.17, 15) is 51.1 Å². The van der Waals surface area contributed by atoms with Crippen LogP contribution in [0.25, 0.3) is 0 Å². The lowest BCUT2D eigenvalue weighted by atomic mass is 9.65. The molecule has 10 N–H and O–H groups in total. The van der Waals surface area contributed by atoms with Crippen LogP contribution >= 0.6 is 0 Å². The van der Waals surface area contributed by atoms with Crippen molar-refractivity contribution in [3.8, 4) is 57.5 Å². The van der Waals surface area contributed by atoms with Gasteiger partial charge in [-0.3, -0.25) is 0 Å². The number of phenols is 10. The van der Waals surface area contributed by atoms with Gasteiger partial charge in [0.2, 0.25) is 0 Å². The number of rotatable bonds is 13. The Balaban J connectivity index is 0.000000130. The third-order valence-corrected chi connectivity index (χ3v) is 23.6. The molecule has 3 fully saturated rings. The summed E-state index contributed by atoms with van der Waals surface area (Å²) in [5, 5.41) is 96.2. The smallest absolute Gasteiger partial charge is 0.115 e. The van der Waals surface area contributed by atoms with E-state index in [1.807, 2.05) is 152 Å². The van der Waals surface area contributed by atoms with Crippen LogP contribution < -0.4 is 0 Å². The van der Waals surface area contributed by atoms with Crippen molar-refractivity contribution >= 4 is 0 Å². The molecule has 0 amide bonds. The Labute approximate surface area is 660 Å². The molecule has 3 aliphatic carbocycles. The average Bonchev–Trinajstić information content (AvgIpc) is 0.792. The lowest BCUT2D eigenvalue weighted by Gasteiger charge is -2.38. The van der Waals surface area contributed by atoms with Crippen LogP contribution in [0.2, 0.25) is 0 Å². The van der Waals surface area contributed by atoms with Gasteiger partial charge in [0, 0.05) is 21.7 Å². The van der Waals surface area contributed by atoms with Crippen LogP contribution in [0.1, 0.15) is 195 Å². The second kappa shape index (κ2) is 37.0. The lowest BCUT2D eigenvalue weighted by Crippen LogP contribution is -2.30. The molecule has 0 aromatic heterocycles. The molecule has 0 heterocycles. The van der Waals surface area contributed by atoms with Gasteiger partial charge in [-0.2, -0.15) is 0 Å². The molecule has 0 spiro atoms. The Kier molecular flexibility index (Phi) is 26.3. The Bertz CT molecular complexity index is 4680. The second-order valence-electron chi connectivity index (χ2n) is 30.4. The maximum Gasteiger partial charge on any atom is 0.115 e. The van der Waals surface area contributed by atoms with Crippen molar-refractivity contribution in [3.63, 3.8) is 0 Å². The first-order valence-electron chi connectivity index (χ1n) is 39.6. The number of hydrogen-bond donors (Lipinski definition) is 10. The van der Waals surface area contributed by atoms with Gasteiger partial charge in [-0.05, 0) is 239 Å². The molecule has 0 saturated heterocycles. The van der Waals surface area contributed by atoms with Crippen molar-refractivity contribution in [1.29, 1.82) is 0 Å². The highest BCUT2D eigenvalue weighted by atomic mass is 16.3. The van der Waals surface area contributed by atoms with Crippen LogP contribution in [0, 0.1) is 0 Å². The highest BCUT2D eigenvalue weighted by molar-refractivity contribution is 5.61. The molecule has 10 nitrogen and oxygen atoms in total. The third-order valence-electron chi connectivity index (χ3n) is 23.6. The van der Waals surface area contributed by atoms with Crippen molar-refractivity contribution < 1.29 is 51.1 Å². The van der Waals surface area contributed by atoms with Crippen molar-refractivity contribution in [2.45, 2.75) is 150 Å². The summed E-state index contributed by atoms with van der Waals surface area (Å²) in [6, 6.07) is 106. The van der Waals surface area contributed by atoms with Crippen LogP contribution in [0.3, 0.4) is 0 Å². The molecule has 16 rings (SSSR count). The third kappa shape index (κ3) is 18.5. The average molecular weight is 1490 g/mol. The largest absolute Gasteiger partial charge is 0.508 e. The van der Waals surface area contributed by atoms with Gasteiger partial charge in [-0.25, -0.2) is 0 Å². The molecule has 0 bridgehead atoms. The first-order chi connectivity index (χ1) is 54.4. The topological polar surface area (TPSA) is 202 Å². The van der Waals surface area contributed by atoms with E-state index in [1.165, 1.54) is 110 Å². The minimum absolute atomic E-state index is 0.00181. The maximum atomic E-state index is 9.84. The van der Waals surface area contributed by atoms with Crippen LogP contribution in [0.4, 0.5) is 0 Å². The number of aromatic hydroxyl groups is 10. The van der Waals surface area contributed by atoms with Gasteiger partial charge in [-0.1, -0.05) is 289 Å². The van der Waals surface area contributed by atoms with Crippen LogP contribution in [-0.2, 0) is 27.1 Å². The molecular weight excluding hydrogens is 1390 g/mol. The second-order valence-corrected chi connectivity index (χ2v) is 30.4. The predicted molar refractivity (Wildman–Crippen MR) is 450 cm³/mol. The molecule has 0 unspecified atom stereocenters. The van der Waals surface area contributed by atoms with Crippen LogP contribution in [0.15, 0.2) is 334 Å². The first kappa shape index (κ1) is 79.4. The quantitative estimate of drug-likeness (QED) is 0.0391. The molecule has 3 aliphatic rings. The Hall–Kier alpha value is -12.1.